The lowest BCUT2D eigenvalue weighted by atomic mass is 10.4. The minimum absolute atomic E-state index is 0.164. The van der Waals surface area contributed by atoms with E-state index in [1.807, 2.05) is 18.7 Å². The maximum atomic E-state index is 11.9. The van der Waals surface area contributed by atoms with Gasteiger partial charge in [0.25, 0.3) is 0 Å². The summed E-state index contributed by atoms with van der Waals surface area (Å²) in [6.45, 7) is 6.74. The van der Waals surface area contributed by atoms with E-state index >= 15 is 0 Å². The van der Waals surface area contributed by atoms with Crippen LogP contribution in [0, 0.1) is 0 Å². The Bertz CT molecular complexity index is 417. The summed E-state index contributed by atoms with van der Waals surface area (Å²) in [5.41, 5.74) is 0. The molecule has 1 fully saturated rings. The van der Waals surface area contributed by atoms with E-state index in [1.165, 1.54) is 0 Å². The van der Waals surface area contributed by atoms with Gasteiger partial charge in [-0.05, 0) is 24.3 Å². The van der Waals surface area contributed by atoms with Crippen LogP contribution in [0.5, 0.6) is 0 Å². The van der Waals surface area contributed by atoms with Crippen molar-refractivity contribution in [3.63, 3.8) is 0 Å². The van der Waals surface area contributed by atoms with Crippen LogP contribution >= 0.6 is 11.8 Å². The molecule has 106 valence electrons. The van der Waals surface area contributed by atoms with E-state index in [-0.39, 0.29) is 11.9 Å². The van der Waals surface area contributed by atoms with Crippen LogP contribution in [0.2, 0.25) is 0 Å². The number of rotatable bonds is 5. The predicted molar refractivity (Wildman–Crippen MR) is 71.8 cm³/mol. The quantitative estimate of drug-likeness (QED) is 0.777. The Morgan fingerprint density at radius 3 is 2.84 bits per heavy atom. The van der Waals surface area contributed by atoms with Crippen molar-refractivity contribution < 1.29 is 9.53 Å². The lowest BCUT2D eigenvalue weighted by molar-refractivity contribution is -0.132. The molecule has 1 amide bonds. The first kappa shape index (κ1) is 14.3. The molecule has 19 heavy (non-hydrogen) atoms. The normalized spacial score (nSPS) is 16.1. The Labute approximate surface area is 116 Å². The summed E-state index contributed by atoms with van der Waals surface area (Å²) in [5, 5.41) is 11.6. The molecule has 0 saturated carbocycles. The van der Waals surface area contributed by atoms with E-state index in [2.05, 4.69) is 15.5 Å². The largest absolute Gasteiger partial charge is 0.378 e. The Hall–Kier alpha value is -1.15. The minimum Gasteiger partial charge on any atom is -0.378 e. The Kier molecular flexibility index (Phi) is 5.15. The molecular formula is C11H19N5O2S. The summed E-state index contributed by atoms with van der Waals surface area (Å²) in [4.78, 5) is 13.8. The molecule has 0 atom stereocenters. The standard InChI is InChI=1S/C11H19N5O2S/c1-9(2)16-10(12-13-14-16)7-19-8-11(17)15-3-5-18-6-4-15/h9H,3-8H2,1-2H3. The zero-order valence-corrected chi connectivity index (χ0v) is 12.1. The number of hydrogen-bond donors (Lipinski definition) is 0. The molecule has 0 unspecified atom stereocenters. The van der Waals surface area contributed by atoms with Gasteiger partial charge in [0.15, 0.2) is 5.82 Å². The SMILES string of the molecule is CC(C)n1nnnc1CSCC(=O)N1CCOCC1. The fourth-order valence-electron chi connectivity index (χ4n) is 1.84. The molecule has 0 aliphatic carbocycles. The molecule has 1 aliphatic rings. The van der Waals surface area contributed by atoms with Gasteiger partial charge in [-0.1, -0.05) is 0 Å². The topological polar surface area (TPSA) is 73.1 Å². The summed E-state index contributed by atoms with van der Waals surface area (Å²) in [6.07, 6.45) is 0. The van der Waals surface area contributed by atoms with Crippen molar-refractivity contribution in [1.82, 2.24) is 25.1 Å². The third-order valence-electron chi connectivity index (χ3n) is 2.87. The van der Waals surface area contributed by atoms with Crippen molar-refractivity contribution in [2.75, 3.05) is 32.1 Å². The lowest BCUT2D eigenvalue weighted by Gasteiger charge is -2.26. The lowest BCUT2D eigenvalue weighted by Crippen LogP contribution is -2.41. The summed E-state index contributed by atoms with van der Waals surface area (Å²) < 4.78 is 7.01. The highest BCUT2D eigenvalue weighted by molar-refractivity contribution is 7.99. The number of carbonyl (C=O) groups is 1. The van der Waals surface area contributed by atoms with Crippen LogP contribution in [0.4, 0.5) is 0 Å². The summed E-state index contributed by atoms with van der Waals surface area (Å²) >= 11 is 1.55. The molecule has 1 aliphatic heterocycles. The maximum Gasteiger partial charge on any atom is 0.232 e. The van der Waals surface area contributed by atoms with Gasteiger partial charge in [-0.15, -0.1) is 16.9 Å². The van der Waals surface area contributed by atoms with Crippen LogP contribution < -0.4 is 0 Å². The molecule has 1 aromatic heterocycles. The van der Waals surface area contributed by atoms with Gasteiger partial charge in [-0.25, -0.2) is 4.68 Å². The van der Waals surface area contributed by atoms with Crippen molar-refractivity contribution in [2.24, 2.45) is 0 Å². The predicted octanol–water partition coefficient (Wildman–Crippen LogP) is 0.346. The molecule has 2 rings (SSSR count). The van der Waals surface area contributed by atoms with Crippen LogP contribution in [0.1, 0.15) is 25.7 Å². The van der Waals surface area contributed by atoms with Crippen molar-refractivity contribution in [3.05, 3.63) is 5.82 Å². The summed E-state index contributed by atoms with van der Waals surface area (Å²) in [5.74, 6) is 2.10. The third-order valence-corrected chi connectivity index (χ3v) is 3.78. The smallest absolute Gasteiger partial charge is 0.232 e. The van der Waals surface area contributed by atoms with Gasteiger partial charge in [0.1, 0.15) is 0 Å². The first-order valence-electron chi connectivity index (χ1n) is 6.38. The molecular weight excluding hydrogens is 266 g/mol. The minimum atomic E-state index is 0.164. The maximum absolute atomic E-state index is 11.9. The van der Waals surface area contributed by atoms with Crippen LogP contribution in [0.25, 0.3) is 0 Å². The molecule has 0 aromatic carbocycles. The zero-order chi connectivity index (χ0) is 13.7. The Balaban J connectivity index is 1.76. The second-order valence-electron chi connectivity index (χ2n) is 4.62. The molecule has 1 saturated heterocycles. The van der Waals surface area contributed by atoms with E-state index in [0.717, 1.165) is 5.82 Å². The molecule has 2 heterocycles. The summed E-state index contributed by atoms with van der Waals surface area (Å²) in [7, 11) is 0. The number of carbonyl (C=O) groups excluding carboxylic acids is 1. The number of tetrazole rings is 1. The first-order valence-corrected chi connectivity index (χ1v) is 7.54. The highest BCUT2D eigenvalue weighted by atomic mass is 32.2. The van der Waals surface area contributed by atoms with Crippen molar-refractivity contribution >= 4 is 17.7 Å². The fourth-order valence-corrected chi connectivity index (χ4v) is 2.67. The van der Waals surface area contributed by atoms with Gasteiger partial charge in [-0.2, -0.15) is 0 Å². The number of ether oxygens (including phenoxy) is 1. The molecule has 0 spiro atoms. The number of morpholine rings is 1. The second kappa shape index (κ2) is 6.85. The van der Waals surface area contributed by atoms with Crippen molar-refractivity contribution in [1.29, 1.82) is 0 Å². The molecule has 1 aromatic rings. The van der Waals surface area contributed by atoms with Crippen LogP contribution in [-0.4, -0.2) is 63.1 Å². The van der Waals surface area contributed by atoms with Crippen LogP contribution in [-0.2, 0) is 15.3 Å². The van der Waals surface area contributed by atoms with Gasteiger partial charge in [-0.3, -0.25) is 4.79 Å². The fraction of sp³-hybridized carbons (Fsp3) is 0.818. The van der Waals surface area contributed by atoms with E-state index in [9.17, 15) is 4.79 Å². The molecule has 0 N–H and O–H groups in total. The van der Waals surface area contributed by atoms with Crippen molar-refractivity contribution in [3.8, 4) is 0 Å². The second-order valence-corrected chi connectivity index (χ2v) is 5.60. The first-order chi connectivity index (χ1) is 9.18. The van der Waals surface area contributed by atoms with E-state index in [0.29, 0.717) is 37.8 Å². The van der Waals surface area contributed by atoms with Gasteiger partial charge in [0.05, 0.1) is 30.8 Å². The summed E-state index contributed by atoms with van der Waals surface area (Å²) in [6, 6.07) is 0.237. The van der Waals surface area contributed by atoms with Gasteiger partial charge in [0, 0.05) is 13.1 Å². The number of thioether (sulfide) groups is 1. The molecule has 0 bridgehead atoms. The Morgan fingerprint density at radius 2 is 2.16 bits per heavy atom. The molecule has 0 radical (unpaired) electrons. The highest BCUT2D eigenvalue weighted by Crippen LogP contribution is 2.13. The van der Waals surface area contributed by atoms with Crippen molar-refractivity contribution in [2.45, 2.75) is 25.6 Å². The number of amides is 1. The van der Waals surface area contributed by atoms with E-state index in [4.69, 9.17) is 4.74 Å². The number of nitrogens with zero attached hydrogens (tertiary/aromatic N) is 5. The van der Waals surface area contributed by atoms with Gasteiger partial charge >= 0.3 is 0 Å². The monoisotopic (exact) mass is 285 g/mol. The number of hydrogen-bond acceptors (Lipinski definition) is 6. The zero-order valence-electron chi connectivity index (χ0n) is 11.3. The van der Waals surface area contributed by atoms with E-state index < -0.39 is 0 Å². The average Bonchev–Trinajstić information content (AvgIpc) is 2.88. The van der Waals surface area contributed by atoms with Gasteiger partial charge < -0.3 is 9.64 Å². The van der Waals surface area contributed by atoms with E-state index in [1.54, 1.807) is 16.4 Å². The third kappa shape index (κ3) is 3.90. The van der Waals surface area contributed by atoms with Crippen LogP contribution in [0.15, 0.2) is 0 Å². The number of aromatic nitrogens is 4. The Morgan fingerprint density at radius 1 is 1.42 bits per heavy atom. The molecule has 7 nitrogen and oxygen atoms in total. The van der Waals surface area contributed by atoms with Crippen LogP contribution in [0.3, 0.4) is 0 Å². The molecule has 8 heteroatoms. The highest BCUT2D eigenvalue weighted by Gasteiger charge is 2.17. The van der Waals surface area contributed by atoms with Gasteiger partial charge in [0.2, 0.25) is 5.91 Å². The average molecular weight is 285 g/mol.